The standard InChI is InChI=1S/C13H20N2/c1-10-6-7-12(9-10)15-11(2)13-5-3-4-8-14-13/h3-5,8,10-12,15H,6-7,9H2,1-2H3/t10-,11-,12+/m1/s1. The maximum atomic E-state index is 4.38. The lowest BCUT2D eigenvalue weighted by Crippen LogP contribution is -2.29. The quantitative estimate of drug-likeness (QED) is 0.819. The summed E-state index contributed by atoms with van der Waals surface area (Å²) in [5.41, 5.74) is 1.15. The van der Waals surface area contributed by atoms with E-state index in [0.29, 0.717) is 12.1 Å². The van der Waals surface area contributed by atoms with E-state index in [9.17, 15) is 0 Å². The van der Waals surface area contributed by atoms with E-state index in [1.807, 2.05) is 12.3 Å². The number of pyridine rings is 1. The average molecular weight is 204 g/mol. The molecule has 3 atom stereocenters. The monoisotopic (exact) mass is 204 g/mol. The molecule has 0 spiro atoms. The van der Waals surface area contributed by atoms with Gasteiger partial charge in [-0.1, -0.05) is 13.0 Å². The topological polar surface area (TPSA) is 24.9 Å². The van der Waals surface area contributed by atoms with Crippen molar-refractivity contribution in [3.63, 3.8) is 0 Å². The molecule has 1 heterocycles. The zero-order valence-electron chi connectivity index (χ0n) is 9.61. The second-order valence-corrected chi connectivity index (χ2v) is 4.76. The number of aromatic nitrogens is 1. The smallest absolute Gasteiger partial charge is 0.0570 e. The Hall–Kier alpha value is -0.890. The summed E-state index contributed by atoms with van der Waals surface area (Å²) < 4.78 is 0. The predicted octanol–water partition coefficient (Wildman–Crippen LogP) is 2.92. The number of hydrogen-bond donors (Lipinski definition) is 1. The van der Waals surface area contributed by atoms with Crippen molar-refractivity contribution >= 4 is 0 Å². The number of nitrogens with zero attached hydrogens (tertiary/aromatic N) is 1. The van der Waals surface area contributed by atoms with Crippen LogP contribution in [0.2, 0.25) is 0 Å². The summed E-state index contributed by atoms with van der Waals surface area (Å²) in [5, 5.41) is 3.66. The highest BCUT2D eigenvalue weighted by atomic mass is 15.0. The molecule has 1 N–H and O–H groups in total. The molecule has 0 saturated heterocycles. The van der Waals surface area contributed by atoms with E-state index >= 15 is 0 Å². The fourth-order valence-electron chi connectivity index (χ4n) is 2.43. The zero-order valence-corrected chi connectivity index (χ0v) is 9.61. The molecule has 15 heavy (non-hydrogen) atoms. The summed E-state index contributed by atoms with van der Waals surface area (Å²) in [5.74, 6) is 0.887. The van der Waals surface area contributed by atoms with Gasteiger partial charge in [-0.05, 0) is 44.2 Å². The van der Waals surface area contributed by atoms with Crippen molar-refractivity contribution in [3.05, 3.63) is 30.1 Å². The fourth-order valence-corrected chi connectivity index (χ4v) is 2.43. The van der Waals surface area contributed by atoms with Gasteiger partial charge in [0.2, 0.25) is 0 Å². The van der Waals surface area contributed by atoms with Gasteiger partial charge in [-0.25, -0.2) is 0 Å². The van der Waals surface area contributed by atoms with Crippen LogP contribution in [0.25, 0.3) is 0 Å². The van der Waals surface area contributed by atoms with Crippen LogP contribution in [0.3, 0.4) is 0 Å². The zero-order chi connectivity index (χ0) is 10.7. The Balaban J connectivity index is 1.90. The van der Waals surface area contributed by atoms with Crippen molar-refractivity contribution in [2.24, 2.45) is 5.92 Å². The molecule has 0 unspecified atom stereocenters. The van der Waals surface area contributed by atoms with Gasteiger partial charge in [0.05, 0.1) is 5.69 Å². The minimum Gasteiger partial charge on any atom is -0.306 e. The van der Waals surface area contributed by atoms with Gasteiger partial charge in [0.25, 0.3) is 0 Å². The van der Waals surface area contributed by atoms with Crippen LogP contribution in [0.4, 0.5) is 0 Å². The van der Waals surface area contributed by atoms with Crippen molar-refractivity contribution in [1.82, 2.24) is 10.3 Å². The van der Waals surface area contributed by atoms with Crippen LogP contribution >= 0.6 is 0 Å². The predicted molar refractivity (Wildman–Crippen MR) is 62.6 cm³/mol. The molecule has 82 valence electrons. The third-order valence-corrected chi connectivity index (χ3v) is 3.31. The molecule has 0 bridgehead atoms. The molecule has 1 fully saturated rings. The van der Waals surface area contributed by atoms with Crippen molar-refractivity contribution < 1.29 is 0 Å². The molecular formula is C13H20N2. The molecule has 0 amide bonds. The summed E-state index contributed by atoms with van der Waals surface area (Å²) in [6.45, 7) is 4.54. The van der Waals surface area contributed by atoms with Crippen molar-refractivity contribution in [2.45, 2.75) is 45.2 Å². The molecule has 1 aliphatic rings. The fraction of sp³-hybridized carbons (Fsp3) is 0.615. The van der Waals surface area contributed by atoms with E-state index in [1.165, 1.54) is 19.3 Å². The van der Waals surface area contributed by atoms with Gasteiger partial charge < -0.3 is 5.32 Å². The van der Waals surface area contributed by atoms with E-state index in [2.05, 4.69) is 36.3 Å². The van der Waals surface area contributed by atoms with E-state index in [1.54, 1.807) is 0 Å². The largest absolute Gasteiger partial charge is 0.306 e. The van der Waals surface area contributed by atoms with Gasteiger partial charge in [-0.2, -0.15) is 0 Å². The van der Waals surface area contributed by atoms with Gasteiger partial charge in [0, 0.05) is 18.3 Å². The van der Waals surface area contributed by atoms with E-state index in [-0.39, 0.29) is 0 Å². The summed E-state index contributed by atoms with van der Waals surface area (Å²) in [7, 11) is 0. The van der Waals surface area contributed by atoms with Crippen molar-refractivity contribution in [2.75, 3.05) is 0 Å². The lowest BCUT2D eigenvalue weighted by molar-refractivity contribution is 0.443. The highest BCUT2D eigenvalue weighted by Gasteiger charge is 2.22. The van der Waals surface area contributed by atoms with Crippen LogP contribution in [0.1, 0.15) is 44.8 Å². The minimum atomic E-state index is 0.376. The molecule has 0 aliphatic heterocycles. The first kappa shape index (κ1) is 10.6. The van der Waals surface area contributed by atoms with Gasteiger partial charge in [0.15, 0.2) is 0 Å². The van der Waals surface area contributed by atoms with Crippen molar-refractivity contribution in [1.29, 1.82) is 0 Å². The van der Waals surface area contributed by atoms with Gasteiger partial charge in [-0.15, -0.1) is 0 Å². The van der Waals surface area contributed by atoms with E-state index in [0.717, 1.165) is 11.6 Å². The molecule has 2 heteroatoms. The summed E-state index contributed by atoms with van der Waals surface area (Å²) >= 11 is 0. The van der Waals surface area contributed by atoms with Crippen LogP contribution in [0, 0.1) is 5.92 Å². The Morgan fingerprint density at radius 2 is 2.27 bits per heavy atom. The Labute approximate surface area is 92.1 Å². The molecule has 1 saturated carbocycles. The van der Waals surface area contributed by atoms with Crippen LogP contribution in [0.5, 0.6) is 0 Å². The summed E-state index contributed by atoms with van der Waals surface area (Å²) in [6, 6.07) is 7.18. The summed E-state index contributed by atoms with van der Waals surface area (Å²) in [4.78, 5) is 4.38. The van der Waals surface area contributed by atoms with Gasteiger partial charge in [0.1, 0.15) is 0 Å². The van der Waals surface area contributed by atoms with Crippen LogP contribution < -0.4 is 5.32 Å². The normalized spacial score (nSPS) is 27.9. The second-order valence-electron chi connectivity index (χ2n) is 4.76. The molecule has 2 nitrogen and oxygen atoms in total. The average Bonchev–Trinajstić information content (AvgIpc) is 2.65. The maximum Gasteiger partial charge on any atom is 0.0570 e. The highest BCUT2D eigenvalue weighted by molar-refractivity contribution is 5.08. The highest BCUT2D eigenvalue weighted by Crippen LogP contribution is 2.26. The van der Waals surface area contributed by atoms with Crippen LogP contribution in [0.15, 0.2) is 24.4 Å². The van der Waals surface area contributed by atoms with E-state index in [4.69, 9.17) is 0 Å². The first-order valence-corrected chi connectivity index (χ1v) is 5.92. The van der Waals surface area contributed by atoms with Gasteiger partial charge >= 0.3 is 0 Å². The number of rotatable bonds is 3. The SMILES string of the molecule is C[C@@H]1CC[C@H](N[C@H](C)c2ccccn2)C1. The third-order valence-electron chi connectivity index (χ3n) is 3.31. The molecule has 2 rings (SSSR count). The Kier molecular flexibility index (Phi) is 3.37. The summed E-state index contributed by atoms with van der Waals surface area (Å²) in [6.07, 6.45) is 5.87. The first-order valence-electron chi connectivity index (χ1n) is 5.92. The molecule has 1 aromatic heterocycles. The first-order chi connectivity index (χ1) is 7.25. The molecular weight excluding hydrogens is 184 g/mol. The van der Waals surface area contributed by atoms with Crippen LogP contribution in [-0.4, -0.2) is 11.0 Å². The third kappa shape index (κ3) is 2.78. The molecule has 0 radical (unpaired) electrons. The Morgan fingerprint density at radius 3 is 2.87 bits per heavy atom. The number of nitrogens with one attached hydrogen (secondary N) is 1. The van der Waals surface area contributed by atoms with E-state index < -0.39 is 0 Å². The minimum absolute atomic E-state index is 0.376. The number of hydrogen-bond acceptors (Lipinski definition) is 2. The van der Waals surface area contributed by atoms with Crippen molar-refractivity contribution in [3.8, 4) is 0 Å². The molecule has 1 aliphatic carbocycles. The second kappa shape index (κ2) is 4.75. The Morgan fingerprint density at radius 1 is 1.40 bits per heavy atom. The lowest BCUT2D eigenvalue weighted by atomic mass is 10.1. The molecule has 1 aromatic rings. The maximum absolute atomic E-state index is 4.38. The lowest BCUT2D eigenvalue weighted by Gasteiger charge is -2.18. The Bertz CT molecular complexity index is 297. The van der Waals surface area contributed by atoms with Crippen LogP contribution in [-0.2, 0) is 0 Å². The molecule has 0 aromatic carbocycles. The van der Waals surface area contributed by atoms with Gasteiger partial charge in [-0.3, -0.25) is 4.98 Å².